The van der Waals surface area contributed by atoms with Gasteiger partial charge in [-0.15, -0.1) is 0 Å². The molecule has 3 aromatic carbocycles. The van der Waals surface area contributed by atoms with Crippen LogP contribution >= 0.6 is 0 Å². The van der Waals surface area contributed by atoms with Gasteiger partial charge in [0.1, 0.15) is 11.7 Å². The molecule has 230 valence electrons. The molecular formula is C36H47NO5Si. The maximum Gasteiger partial charge on any atom is 0.408 e. The Kier molecular flexibility index (Phi) is 12.1. The first kappa shape index (κ1) is 34.0. The summed E-state index contributed by atoms with van der Waals surface area (Å²) in [5, 5.41) is 4.86. The lowest BCUT2D eigenvalue weighted by Gasteiger charge is -2.44. The Balaban J connectivity index is 2.09. The molecule has 0 spiro atoms. The molecule has 0 saturated carbocycles. The van der Waals surface area contributed by atoms with Crippen molar-refractivity contribution in [1.82, 2.24) is 5.32 Å². The zero-order chi connectivity index (χ0) is 31.5. The summed E-state index contributed by atoms with van der Waals surface area (Å²) in [6.07, 6.45) is 2.38. The van der Waals surface area contributed by atoms with Gasteiger partial charge in [0.15, 0.2) is 5.78 Å². The van der Waals surface area contributed by atoms with E-state index in [-0.39, 0.29) is 24.0 Å². The second-order valence-electron chi connectivity index (χ2n) is 12.7. The van der Waals surface area contributed by atoms with E-state index in [9.17, 15) is 9.59 Å². The third-order valence-electron chi connectivity index (χ3n) is 7.03. The molecule has 1 N–H and O–H groups in total. The first-order valence-electron chi connectivity index (χ1n) is 15.0. The average Bonchev–Trinajstić information content (AvgIpc) is 2.96. The van der Waals surface area contributed by atoms with E-state index in [1.165, 1.54) is 6.08 Å². The van der Waals surface area contributed by atoms with E-state index in [0.717, 1.165) is 15.9 Å². The van der Waals surface area contributed by atoms with Crippen LogP contribution in [0, 0.1) is 0 Å². The second kappa shape index (κ2) is 15.3. The van der Waals surface area contributed by atoms with E-state index in [1.54, 1.807) is 26.8 Å². The topological polar surface area (TPSA) is 73.9 Å². The Morgan fingerprint density at radius 2 is 1.33 bits per heavy atom. The number of carbonyl (C=O) groups excluding carboxylic acids is 2. The molecule has 2 atom stereocenters. The van der Waals surface area contributed by atoms with E-state index in [0.29, 0.717) is 6.42 Å². The minimum absolute atomic E-state index is 0.0394. The Labute approximate surface area is 258 Å². The number of amides is 1. The molecular weight excluding hydrogens is 554 g/mol. The van der Waals surface area contributed by atoms with Gasteiger partial charge in [0, 0.05) is 0 Å². The zero-order valence-corrected chi connectivity index (χ0v) is 27.6. The Morgan fingerprint density at radius 3 is 1.79 bits per heavy atom. The number of hydrogen-bond acceptors (Lipinski definition) is 5. The van der Waals surface area contributed by atoms with Crippen LogP contribution in [0.1, 0.15) is 60.5 Å². The summed E-state index contributed by atoms with van der Waals surface area (Å²) in [5.41, 5.74) is 0.198. The van der Waals surface area contributed by atoms with Gasteiger partial charge in [-0.1, -0.05) is 125 Å². The van der Waals surface area contributed by atoms with Gasteiger partial charge in [0.25, 0.3) is 8.32 Å². The van der Waals surface area contributed by atoms with Crippen LogP contribution in [-0.4, -0.2) is 44.5 Å². The molecule has 0 aliphatic carbocycles. The highest BCUT2D eigenvalue weighted by Crippen LogP contribution is 2.37. The predicted molar refractivity (Wildman–Crippen MR) is 176 cm³/mol. The first-order valence-corrected chi connectivity index (χ1v) is 16.9. The number of carbonyl (C=O) groups is 2. The van der Waals surface area contributed by atoms with Crippen molar-refractivity contribution >= 4 is 30.6 Å². The molecule has 0 heterocycles. The molecule has 0 unspecified atom stereocenters. The van der Waals surface area contributed by atoms with Crippen LogP contribution in [0.2, 0.25) is 5.04 Å². The number of alkyl carbamates (subject to hydrolysis) is 1. The number of ketones is 1. The standard InChI is InChI=1S/C36H47NO5Si/c1-8-9-25-32(38)33(40-26-28-19-13-10-14-20-28)31(37-34(39)42-35(2,3)4)27-41-43(36(5,6)7,29-21-15-11-16-22-29)30-23-17-12-18-24-30/h9-25,31,33H,8,26-27H2,1-7H3,(H,37,39)/b25-9-/t31-,33-/m1/s1. The van der Waals surface area contributed by atoms with Gasteiger partial charge in [0.2, 0.25) is 0 Å². The number of rotatable bonds is 13. The minimum Gasteiger partial charge on any atom is -0.444 e. The third kappa shape index (κ3) is 9.48. The summed E-state index contributed by atoms with van der Waals surface area (Å²) in [4.78, 5) is 26.8. The zero-order valence-electron chi connectivity index (χ0n) is 26.6. The highest BCUT2D eigenvalue weighted by Gasteiger charge is 2.51. The Morgan fingerprint density at radius 1 is 0.814 bits per heavy atom. The largest absolute Gasteiger partial charge is 0.444 e. The van der Waals surface area contributed by atoms with Crippen molar-refractivity contribution in [3.8, 4) is 0 Å². The lowest BCUT2D eigenvalue weighted by Crippen LogP contribution is -2.68. The third-order valence-corrected chi connectivity index (χ3v) is 12.0. The molecule has 1 amide bonds. The van der Waals surface area contributed by atoms with Crippen LogP contribution in [0.4, 0.5) is 4.79 Å². The fourth-order valence-corrected chi connectivity index (χ4v) is 9.71. The quantitative estimate of drug-likeness (QED) is 0.177. The van der Waals surface area contributed by atoms with Crippen LogP contribution in [-0.2, 0) is 25.3 Å². The van der Waals surface area contributed by atoms with E-state index >= 15 is 0 Å². The monoisotopic (exact) mass is 601 g/mol. The van der Waals surface area contributed by atoms with Crippen molar-refractivity contribution in [3.05, 3.63) is 109 Å². The van der Waals surface area contributed by atoms with Gasteiger partial charge in [-0.25, -0.2) is 4.79 Å². The number of allylic oxidation sites excluding steroid dienone is 1. The smallest absolute Gasteiger partial charge is 0.408 e. The molecule has 0 fully saturated rings. The maximum absolute atomic E-state index is 13.6. The molecule has 0 bridgehead atoms. The summed E-state index contributed by atoms with van der Waals surface area (Å²) < 4.78 is 19.1. The Hall–Kier alpha value is -3.52. The number of ether oxygens (including phenoxy) is 2. The summed E-state index contributed by atoms with van der Waals surface area (Å²) in [7, 11) is -2.98. The van der Waals surface area contributed by atoms with Crippen LogP contribution in [0.3, 0.4) is 0 Å². The molecule has 7 heteroatoms. The molecule has 0 saturated heterocycles. The van der Waals surface area contributed by atoms with Crippen LogP contribution in [0.25, 0.3) is 0 Å². The number of nitrogens with one attached hydrogen (secondary N) is 1. The van der Waals surface area contributed by atoms with Gasteiger partial charge >= 0.3 is 6.09 Å². The predicted octanol–water partition coefficient (Wildman–Crippen LogP) is 6.58. The van der Waals surface area contributed by atoms with Crippen molar-refractivity contribution in [3.63, 3.8) is 0 Å². The van der Waals surface area contributed by atoms with E-state index in [1.807, 2.05) is 73.7 Å². The first-order chi connectivity index (χ1) is 20.4. The van der Waals surface area contributed by atoms with Crippen LogP contribution in [0.5, 0.6) is 0 Å². The molecule has 3 aromatic rings. The van der Waals surface area contributed by atoms with Gasteiger partial charge in [-0.05, 0) is 54.2 Å². The summed E-state index contributed by atoms with van der Waals surface area (Å²) in [5.74, 6) is -0.245. The molecule has 0 aliphatic rings. The SMILES string of the molecule is CC/C=C\C(=O)[C@H](OCc1ccccc1)[C@@H](CO[Si](c1ccccc1)(c1ccccc1)C(C)(C)C)NC(=O)OC(C)(C)C. The number of benzene rings is 3. The van der Waals surface area contributed by atoms with Crippen LogP contribution < -0.4 is 15.7 Å². The number of hydrogen-bond donors (Lipinski definition) is 1. The maximum atomic E-state index is 13.6. The van der Waals surface area contributed by atoms with Gasteiger partial charge in [-0.2, -0.15) is 0 Å². The van der Waals surface area contributed by atoms with E-state index in [2.05, 4.69) is 50.4 Å². The van der Waals surface area contributed by atoms with Crippen molar-refractivity contribution in [2.45, 2.75) is 84.3 Å². The average molecular weight is 602 g/mol. The minimum atomic E-state index is -2.98. The fourth-order valence-electron chi connectivity index (χ4n) is 5.13. The lowest BCUT2D eigenvalue weighted by atomic mass is 10.1. The van der Waals surface area contributed by atoms with Gasteiger partial charge < -0.3 is 19.2 Å². The summed E-state index contributed by atoms with van der Waals surface area (Å²) in [6, 6.07) is 29.4. The lowest BCUT2D eigenvalue weighted by molar-refractivity contribution is -0.129. The van der Waals surface area contributed by atoms with E-state index in [4.69, 9.17) is 13.9 Å². The highest BCUT2D eigenvalue weighted by atomic mass is 28.4. The van der Waals surface area contributed by atoms with Crippen LogP contribution in [0.15, 0.2) is 103 Å². The van der Waals surface area contributed by atoms with Crippen molar-refractivity contribution < 1.29 is 23.5 Å². The van der Waals surface area contributed by atoms with E-state index < -0.39 is 32.2 Å². The molecule has 3 rings (SSSR count). The molecule has 0 aliphatic heterocycles. The van der Waals surface area contributed by atoms with Gasteiger partial charge in [-0.3, -0.25) is 4.79 Å². The second-order valence-corrected chi connectivity index (χ2v) is 17.0. The fraction of sp³-hybridized carbons (Fsp3) is 0.389. The molecule has 0 aromatic heterocycles. The molecule has 43 heavy (non-hydrogen) atoms. The molecule has 0 radical (unpaired) electrons. The summed E-state index contributed by atoms with van der Waals surface area (Å²) >= 11 is 0. The molecule has 6 nitrogen and oxygen atoms in total. The highest BCUT2D eigenvalue weighted by molar-refractivity contribution is 6.99. The van der Waals surface area contributed by atoms with Crippen molar-refractivity contribution in [2.75, 3.05) is 6.61 Å². The van der Waals surface area contributed by atoms with Crippen molar-refractivity contribution in [1.29, 1.82) is 0 Å². The Bertz CT molecular complexity index is 1280. The summed E-state index contributed by atoms with van der Waals surface area (Å²) in [6.45, 7) is 14.2. The van der Waals surface area contributed by atoms with Crippen molar-refractivity contribution in [2.24, 2.45) is 0 Å². The normalized spacial score (nSPS) is 13.8. The van der Waals surface area contributed by atoms with Gasteiger partial charge in [0.05, 0.1) is 19.3 Å².